The second-order valence-electron chi connectivity index (χ2n) is 5.72. The number of aryl methyl sites for hydroxylation is 1. The Kier molecular flexibility index (Phi) is 3.83. The van der Waals surface area contributed by atoms with Gasteiger partial charge >= 0.3 is 0 Å². The average Bonchev–Trinajstić information content (AvgIpc) is 2.86. The molecule has 1 atom stereocenters. The van der Waals surface area contributed by atoms with Crippen molar-refractivity contribution in [1.29, 1.82) is 0 Å². The Bertz CT molecular complexity index is 783. The van der Waals surface area contributed by atoms with Gasteiger partial charge in [-0.25, -0.2) is 8.42 Å². The fourth-order valence-electron chi connectivity index (χ4n) is 2.72. The molecule has 3 rings (SSSR count). The van der Waals surface area contributed by atoms with Crippen LogP contribution in [0.4, 0.5) is 11.4 Å². The Morgan fingerprint density at radius 3 is 2.59 bits per heavy atom. The van der Waals surface area contributed by atoms with Crippen LogP contribution < -0.4 is 10.0 Å². The Hall–Kier alpha value is -2.01. The number of benzene rings is 2. The molecule has 0 spiro atoms. The standard InChI is InChI=1S/C17H20N2O2S/c1-3-13-4-6-15(7-5-13)19-22(20,21)16-8-9-17-14(11-16)10-12(2)18-17/h4-9,11-12,18-19H,3,10H2,1-2H3/t12-/m0/s1. The van der Waals surface area contributed by atoms with Crippen molar-refractivity contribution in [2.45, 2.75) is 37.6 Å². The summed E-state index contributed by atoms with van der Waals surface area (Å²) in [6, 6.07) is 13.1. The molecule has 2 N–H and O–H groups in total. The first kappa shape index (κ1) is 14.9. The van der Waals surface area contributed by atoms with Gasteiger partial charge in [0, 0.05) is 17.4 Å². The summed E-state index contributed by atoms with van der Waals surface area (Å²) < 4.78 is 27.7. The Morgan fingerprint density at radius 2 is 1.91 bits per heavy atom. The molecule has 0 radical (unpaired) electrons. The molecular formula is C17H20N2O2S. The molecule has 2 aromatic carbocycles. The monoisotopic (exact) mass is 316 g/mol. The summed E-state index contributed by atoms with van der Waals surface area (Å²) in [5.41, 5.74) is 3.85. The quantitative estimate of drug-likeness (QED) is 0.909. The van der Waals surface area contributed by atoms with E-state index in [1.54, 1.807) is 24.3 Å². The lowest BCUT2D eigenvalue weighted by molar-refractivity contribution is 0.601. The lowest BCUT2D eigenvalue weighted by atomic mass is 10.1. The average molecular weight is 316 g/mol. The minimum Gasteiger partial charge on any atom is -0.382 e. The Morgan fingerprint density at radius 1 is 1.18 bits per heavy atom. The fourth-order valence-corrected chi connectivity index (χ4v) is 3.82. The van der Waals surface area contributed by atoms with Crippen LogP contribution in [0.3, 0.4) is 0 Å². The smallest absolute Gasteiger partial charge is 0.261 e. The first-order valence-corrected chi connectivity index (χ1v) is 8.97. The minimum atomic E-state index is -3.55. The molecule has 0 saturated heterocycles. The minimum absolute atomic E-state index is 0.307. The summed E-state index contributed by atoms with van der Waals surface area (Å²) in [6.45, 7) is 4.15. The maximum absolute atomic E-state index is 12.5. The first-order chi connectivity index (χ1) is 10.5. The molecule has 0 aliphatic carbocycles. The van der Waals surface area contributed by atoms with E-state index < -0.39 is 10.0 Å². The summed E-state index contributed by atoms with van der Waals surface area (Å²) in [4.78, 5) is 0.307. The summed E-state index contributed by atoms with van der Waals surface area (Å²) in [6.07, 6.45) is 1.78. The van der Waals surface area contributed by atoms with Crippen LogP contribution in [0.15, 0.2) is 47.4 Å². The summed E-state index contributed by atoms with van der Waals surface area (Å²) in [7, 11) is -3.55. The first-order valence-electron chi connectivity index (χ1n) is 7.49. The zero-order chi connectivity index (χ0) is 15.7. The lowest BCUT2D eigenvalue weighted by Crippen LogP contribution is -2.13. The molecule has 0 saturated carbocycles. The number of sulfonamides is 1. The van der Waals surface area contributed by atoms with Crippen molar-refractivity contribution < 1.29 is 8.42 Å². The molecule has 0 fully saturated rings. The van der Waals surface area contributed by atoms with Gasteiger partial charge in [-0.1, -0.05) is 19.1 Å². The molecule has 0 aromatic heterocycles. The van der Waals surface area contributed by atoms with Crippen molar-refractivity contribution in [2.75, 3.05) is 10.0 Å². The van der Waals surface area contributed by atoms with Gasteiger partial charge in [0.15, 0.2) is 0 Å². The van der Waals surface area contributed by atoms with Crippen LogP contribution in [-0.2, 0) is 22.9 Å². The molecule has 116 valence electrons. The van der Waals surface area contributed by atoms with E-state index in [9.17, 15) is 8.42 Å². The molecule has 2 aromatic rings. The second kappa shape index (κ2) is 5.65. The van der Waals surface area contributed by atoms with Gasteiger partial charge in [0.1, 0.15) is 0 Å². The number of hydrogen-bond acceptors (Lipinski definition) is 3. The molecule has 0 unspecified atom stereocenters. The molecule has 4 nitrogen and oxygen atoms in total. The zero-order valence-electron chi connectivity index (χ0n) is 12.8. The third-order valence-corrected chi connectivity index (χ3v) is 5.31. The number of hydrogen-bond donors (Lipinski definition) is 2. The van der Waals surface area contributed by atoms with E-state index in [0.717, 1.165) is 24.1 Å². The molecule has 22 heavy (non-hydrogen) atoms. The van der Waals surface area contributed by atoms with E-state index in [1.165, 1.54) is 5.56 Å². The van der Waals surface area contributed by atoms with E-state index in [-0.39, 0.29) is 0 Å². The highest BCUT2D eigenvalue weighted by Gasteiger charge is 2.21. The van der Waals surface area contributed by atoms with Crippen molar-refractivity contribution in [2.24, 2.45) is 0 Å². The van der Waals surface area contributed by atoms with E-state index >= 15 is 0 Å². The van der Waals surface area contributed by atoms with Crippen molar-refractivity contribution >= 4 is 21.4 Å². The van der Waals surface area contributed by atoms with Crippen molar-refractivity contribution in [3.8, 4) is 0 Å². The molecule has 5 heteroatoms. The number of anilines is 2. The maximum Gasteiger partial charge on any atom is 0.261 e. The molecule has 1 heterocycles. The van der Waals surface area contributed by atoms with Gasteiger partial charge in [0.2, 0.25) is 0 Å². The highest BCUT2D eigenvalue weighted by atomic mass is 32.2. The van der Waals surface area contributed by atoms with Crippen LogP contribution in [0.25, 0.3) is 0 Å². The highest BCUT2D eigenvalue weighted by Crippen LogP contribution is 2.28. The predicted octanol–water partition coefficient (Wildman–Crippen LogP) is 3.41. The van der Waals surface area contributed by atoms with E-state index in [4.69, 9.17) is 0 Å². The maximum atomic E-state index is 12.5. The lowest BCUT2D eigenvalue weighted by Gasteiger charge is -2.10. The van der Waals surface area contributed by atoms with Crippen LogP contribution in [0, 0.1) is 0 Å². The van der Waals surface area contributed by atoms with Crippen molar-refractivity contribution in [3.05, 3.63) is 53.6 Å². The van der Waals surface area contributed by atoms with Gasteiger partial charge in [-0.15, -0.1) is 0 Å². The zero-order valence-corrected chi connectivity index (χ0v) is 13.6. The van der Waals surface area contributed by atoms with Crippen molar-refractivity contribution in [1.82, 2.24) is 0 Å². The number of fused-ring (bicyclic) bond motifs is 1. The van der Waals surface area contributed by atoms with E-state index in [2.05, 4.69) is 23.9 Å². The summed E-state index contributed by atoms with van der Waals surface area (Å²) >= 11 is 0. The normalized spacial score (nSPS) is 16.9. The third kappa shape index (κ3) is 2.95. The second-order valence-corrected chi connectivity index (χ2v) is 7.41. The van der Waals surface area contributed by atoms with Crippen LogP contribution in [0.2, 0.25) is 0 Å². The number of rotatable bonds is 4. The predicted molar refractivity (Wildman–Crippen MR) is 89.9 cm³/mol. The topological polar surface area (TPSA) is 58.2 Å². The molecule has 1 aliphatic rings. The van der Waals surface area contributed by atoms with Crippen LogP contribution in [-0.4, -0.2) is 14.5 Å². The summed E-state index contributed by atoms with van der Waals surface area (Å²) in [5.74, 6) is 0. The van der Waals surface area contributed by atoms with Crippen molar-refractivity contribution in [3.63, 3.8) is 0 Å². The van der Waals surface area contributed by atoms with Gasteiger partial charge in [0.25, 0.3) is 10.0 Å². The molecule has 0 amide bonds. The van der Waals surface area contributed by atoms with Crippen LogP contribution >= 0.6 is 0 Å². The Labute approximate surface area is 131 Å². The van der Waals surface area contributed by atoms with Crippen LogP contribution in [0.5, 0.6) is 0 Å². The van der Waals surface area contributed by atoms with Gasteiger partial charge in [-0.05, 0) is 61.2 Å². The summed E-state index contributed by atoms with van der Waals surface area (Å²) in [5, 5.41) is 3.32. The Balaban J connectivity index is 1.85. The largest absolute Gasteiger partial charge is 0.382 e. The molecular weight excluding hydrogens is 296 g/mol. The van der Waals surface area contributed by atoms with Gasteiger partial charge in [-0.3, -0.25) is 4.72 Å². The SMILES string of the molecule is CCc1ccc(NS(=O)(=O)c2ccc3c(c2)C[C@H](C)N3)cc1. The fraction of sp³-hybridized carbons (Fsp3) is 0.294. The van der Waals surface area contributed by atoms with Gasteiger partial charge < -0.3 is 5.32 Å². The van der Waals surface area contributed by atoms with Gasteiger partial charge in [-0.2, -0.15) is 0 Å². The molecule has 1 aliphatic heterocycles. The van der Waals surface area contributed by atoms with E-state index in [0.29, 0.717) is 16.6 Å². The van der Waals surface area contributed by atoms with Crippen LogP contribution in [0.1, 0.15) is 25.0 Å². The molecule has 0 bridgehead atoms. The number of nitrogens with one attached hydrogen (secondary N) is 2. The van der Waals surface area contributed by atoms with E-state index in [1.807, 2.05) is 18.2 Å². The third-order valence-electron chi connectivity index (χ3n) is 3.93. The highest BCUT2D eigenvalue weighted by molar-refractivity contribution is 7.92. The van der Waals surface area contributed by atoms with Gasteiger partial charge in [0.05, 0.1) is 4.90 Å².